The van der Waals surface area contributed by atoms with E-state index in [0.29, 0.717) is 12.1 Å². The maximum absolute atomic E-state index is 13.7. The smallest absolute Gasteiger partial charge is 0.455 e. The lowest BCUT2D eigenvalue weighted by Crippen LogP contribution is -2.50. The molecule has 0 heterocycles. The second-order valence-electron chi connectivity index (χ2n) is 5.33. The number of benzene rings is 1. The van der Waals surface area contributed by atoms with E-state index in [1.165, 1.54) is 19.9 Å². The van der Waals surface area contributed by atoms with Crippen LogP contribution in [0.4, 0.5) is 30.7 Å². The van der Waals surface area contributed by atoms with Crippen LogP contribution in [0.25, 0.3) is 0 Å². The van der Waals surface area contributed by atoms with Gasteiger partial charge in [-0.1, -0.05) is 18.2 Å². The van der Waals surface area contributed by atoms with Crippen molar-refractivity contribution in [1.82, 2.24) is 0 Å². The molecule has 0 aliphatic heterocycles. The van der Waals surface area contributed by atoms with E-state index >= 15 is 0 Å². The topological polar surface area (TPSA) is 26.3 Å². The molecule has 1 aromatic carbocycles. The Balaban J connectivity index is 3.36. The van der Waals surface area contributed by atoms with Crippen LogP contribution >= 0.6 is 0 Å². The Bertz CT molecular complexity index is 591. The maximum Gasteiger partial charge on any atom is 0.460 e. The Kier molecular flexibility index (Phi) is 4.76. The van der Waals surface area contributed by atoms with Gasteiger partial charge in [-0.15, -0.1) is 0 Å². The molecule has 0 atom stereocenters. The van der Waals surface area contributed by atoms with E-state index in [2.05, 4.69) is 0 Å². The summed E-state index contributed by atoms with van der Waals surface area (Å²) >= 11 is 0. The molecule has 0 radical (unpaired) electrons. The molecule has 1 aromatic rings. The second-order valence-corrected chi connectivity index (χ2v) is 5.33. The van der Waals surface area contributed by atoms with E-state index in [1.54, 1.807) is 0 Å². The first kappa shape index (κ1) is 19.2. The standard InChI is InChI=1S/C14H13F7O2/c1-8(22)23-11(2,3)9-5-4-6-10(7-9)12(15,16)13(17,18)14(19,20)21/h4-7H,1-3H3. The lowest BCUT2D eigenvalue weighted by molar-refractivity contribution is -0.359. The summed E-state index contributed by atoms with van der Waals surface area (Å²) in [6, 6.07) is 2.97. The SMILES string of the molecule is CC(=O)OC(C)(C)c1cccc(C(F)(F)C(F)(F)C(F)(F)F)c1. The van der Waals surface area contributed by atoms with Crippen molar-refractivity contribution in [3.8, 4) is 0 Å². The number of ether oxygens (including phenoxy) is 1. The molecular formula is C14H13F7O2. The maximum atomic E-state index is 13.7. The molecule has 9 heteroatoms. The molecule has 0 amide bonds. The fraction of sp³-hybridized carbons (Fsp3) is 0.500. The van der Waals surface area contributed by atoms with E-state index in [1.807, 2.05) is 0 Å². The Morgan fingerprint density at radius 2 is 1.43 bits per heavy atom. The summed E-state index contributed by atoms with van der Waals surface area (Å²) in [6.45, 7) is 3.61. The lowest BCUT2D eigenvalue weighted by atomic mass is 9.92. The monoisotopic (exact) mass is 346 g/mol. The van der Waals surface area contributed by atoms with Gasteiger partial charge in [0.1, 0.15) is 5.60 Å². The first-order chi connectivity index (χ1) is 10.1. The van der Waals surface area contributed by atoms with Crippen LogP contribution < -0.4 is 0 Å². The third-order valence-electron chi connectivity index (χ3n) is 3.07. The van der Waals surface area contributed by atoms with E-state index < -0.39 is 35.2 Å². The van der Waals surface area contributed by atoms with Gasteiger partial charge in [0.15, 0.2) is 0 Å². The van der Waals surface area contributed by atoms with Crippen LogP contribution in [0.2, 0.25) is 0 Å². The highest BCUT2D eigenvalue weighted by atomic mass is 19.4. The number of rotatable bonds is 4. The van der Waals surface area contributed by atoms with Crippen molar-refractivity contribution >= 4 is 5.97 Å². The van der Waals surface area contributed by atoms with Gasteiger partial charge in [0, 0.05) is 12.5 Å². The quantitative estimate of drug-likeness (QED) is 0.580. The highest BCUT2D eigenvalue weighted by Gasteiger charge is 2.73. The van der Waals surface area contributed by atoms with Crippen LogP contribution in [0, 0.1) is 0 Å². The summed E-state index contributed by atoms with van der Waals surface area (Å²) in [5, 5.41) is 0. The number of hydrogen-bond acceptors (Lipinski definition) is 2. The molecular weight excluding hydrogens is 333 g/mol. The predicted molar refractivity (Wildman–Crippen MR) is 66.1 cm³/mol. The van der Waals surface area contributed by atoms with Crippen molar-refractivity contribution in [1.29, 1.82) is 0 Å². The minimum absolute atomic E-state index is 0.150. The van der Waals surface area contributed by atoms with Gasteiger partial charge < -0.3 is 4.74 Å². The molecule has 0 aromatic heterocycles. The molecule has 23 heavy (non-hydrogen) atoms. The highest BCUT2D eigenvalue weighted by molar-refractivity contribution is 5.66. The van der Waals surface area contributed by atoms with Crippen LogP contribution in [0.5, 0.6) is 0 Å². The minimum atomic E-state index is -6.42. The molecule has 0 aliphatic rings. The van der Waals surface area contributed by atoms with E-state index in [9.17, 15) is 35.5 Å². The van der Waals surface area contributed by atoms with Gasteiger partial charge >= 0.3 is 24.0 Å². The fourth-order valence-corrected chi connectivity index (χ4v) is 1.87. The molecule has 0 aliphatic carbocycles. The van der Waals surface area contributed by atoms with E-state index in [-0.39, 0.29) is 5.56 Å². The van der Waals surface area contributed by atoms with Crippen molar-refractivity contribution in [2.45, 2.75) is 44.4 Å². The average Bonchev–Trinajstić information content (AvgIpc) is 2.35. The van der Waals surface area contributed by atoms with Crippen LogP contribution in [-0.2, 0) is 21.1 Å². The Morgan fingerprint density at radius 3 is 1.87 bits per heavy atom. The summed E-state index contributed by atoms with van der Waals surface area (Å²) < 4.78 is 95.0. The molecule has 0 spiro atoms. The van der Waals surface area contributed by atoms with E-state index in [4.69, 9.17) is 4.74 Å². The zero-order valence-electron chi connectivity index (χ0n) is 12.3. The summed E-state index contributed by atoms with van der Waals surface area (Å²) in [5.74, 6) is -12.5. The summed E-state index contributed by atoms with van der Waals surface area (Å²) in [7, 11) is 0. The van der Waals surface area contributed by atoms with Crippen LogP contribution in [0.1, 0.15) is 31.9 Å². The number of hydrogen-bond donors (Lipinski definition) is 0. The molecule has 0 bridgehead atoms. The first-order valence-electron chi connectivity index (χ1n) is 6.26. The average molecular weight is 346 g/mol. The van der Waals surface area contributed by atoms with E-state index in [0.717, 1.165) is 13.0 Å². The first-order valence-corrected chi connectivity index (χ1v) is 6.26. The summed E-state index contributed by atoms with van der Waals surface area (Å²) in [5.41, 5.74) is -3.16. The largest absolute Gasteiger partial charge is 0.460 e. The molecule has 0 saturated heterocycles. The fourth-order valence-electron chi connectivity index (χ4n) is 1.87. The molecule has 0 N–H and O–H groups in total. The molecule has 130 valence electrons. The lowest BCUT2D eigenvalue weighted by Gasteiger charge is -2.30. The molecule has 2 nitrogen and oxygen atoms in total. The van der Waals surface area contributed by atoms with Crippen LogP contribution in [0.3, 0.4) is 0 Å². The minimum Gasteiger partial charge on any atom is -0.455 e. The van der Waals surface area contributed by atoms with Gasteiger partial charge in [-0.3, -0.25) is 4.79 Å². The Labute approximate surface area is 127 Å². The zero-order chi connectivity index (χ0) is 18.3. The van der Waals surface area contributed by atoms with Crippen LogP contribution in [-0.4, -0.2) is 18.1 Å². The predicted octanol–water partition coefficient (Wildman–Crippen LogP) is 4.77. The summed E-state index contributed by atoms with van der Waals surface area (Å²) in [4.78, 5) is 11.0. The van der Waals surface area contributed by atoms with Crippen LogP contribution in [0.15, 0.2) is 24.3 Å². The Morgan fingerprint density at radius 1 is 0.957 bits per heavy atom. The van der Waals surface area contributed by atoms with Crippen molar-refractivity contribution in [3.63, 3.8) is 0 Å². The van der Waals surface area contributed by atoms with Gasteiger partial charge in [0.25, 0.3) is 0 Å². The molecule has 0 fully saturated rings. The normalized spacial score (nSPS) is 13.8. The van der Waals surface area contributed by atoms with Crippen molar-refractivity contribution < 1.29 is 40.3 Å². The van der Waals surface area contributed by atoms with Gasteiger partial charge in [0.2, 0.25) is 0 Å². The van der Waals surface area contributed by atoms with Gasteiger partial charge in [-0.05, 0) is 25.5 Å². The third-order valence-corrected chi connectivity index (χ3v) is 3.07. The number of carbonyl (C=O) groups excluding carboxylic acids is 1. The van der Waals surface area contributed by atoms with Crippen molar-refractivity contribution in [2.24, 2.45) is 0 Å². The number of alkyl halides is 7. The number of halogens is 7. The van der Waals surface area contributed by atoms with Crippen molar-refractivity contribution in [2.75, 3.05) is 0 Å². The summed E-state index contributed by atoms with van der Waals surface area (Å²) in [6.07, 6.45) is -6.42. The zero-order valence-corrected chi connectivity index (χ0v) is 12.3. The molecule has 0 unspecified atom stereocenters. The number of carbonyl (C=O) groups is 1. The second kappa shape index (κ2) is 5.68. The number of esters is 1. The van der Waals surface area contributed by atoms with Gasteiger partial charge in [0.05, 0.1) is 0 Å². The van der Waals surface area contributed by atoms with Gasteiger partial charge in [-0.25, -0.2) is 0 Å². The third kappa shape index (κ3) is 3.59. The molecule has 0 saturated carbocycles. The van der Waals surface area contributed by atoms with Gasteiger partial charge in [-0.2, -0.15) is 30.7 Å². The Hall–Kier alpha value is -1.80. The molecule has 1 rings (SSSR count). The highest BCUT2D eigenvalue weighted by Crippen LogP contribution is 2.52. The van der Waals surface area contributed by atoms with Crippen molar-refractivity contribution in [3.05, 3.63) is 35.4 Å².